The van der Waals surface area contributed by atoms with Crippen LogP contribution in [0, 0.1) is 0 Å². The Morgan fingerprint density at radius 3 is 2.16 bits per heavy atom. The Hall–Kier alpha value is -0.720. The van der Waals surface area contributed by atoms with Gasteiger partial charge < -0.3 is 10.4 Å². The molecule has 1 unspecified atom stereocenters. The lowest BCUT2D eigenvalue weighted by molar-refractivity contribution is -0.0328. The first-order valence-corrected chi connectivity index (χ1v) is 6.69. The number of thioether (sulfide) groups is 1. The van der Waals surface area contributed by atoms with Gasteiger partial charge in [0.25, 0.3) is 0 Å². The van der Waals surface area contributed by atoms with Crippen LogP contribution >= 0.6 is 11.8 Å². The summed E-state index contributed by atoms with van der Waals surface area (Å²) < 4.78 is 36.5. The Kier molecular flexibility index (Phi) is 5.29. The van der Waals surface area contributed by atoms with Crippen molar-refractivity contribution in [1.29, 1.82) is 0 Å². The van der Waals surface area contributed by atoms with Crippen LogP contribution in [0.2, 0.25) is 0 Å². The minimum Gasteiger partial charge on any atom is -0.392 e. The summed E-state index contributed by atoms with van der Waals surface area (Å²) in [5.74, 6) is 0. The van der Waals surface area contributed by atoms with Gasteiger partial charge in [-0.3, -0.25) is 0 Å². The predicted octanol–water partition coefficient (Wildman–Crippen LogP) is 3.55. The van der Waals surface area contributed by atoms with Crippen molar-refractivity contribution in [3.8, 4) is 0 Å². The second kappa shape index (κ2) is 6.15. The standard InChI is InChI=1S/C13H18F3NOS/c1-9(18)12(2,3)17-8-10-4-6-11(7-5-10)19-13(14,15)16/h4-7,9,17-18H,8H2,1-3H3. The fourth-order valence-electron chi connectivity index (χ4n) is 1.29. The number of alkyl halides is 3. The number of aliphatic hydroxyl groups is 1. The predicted molar refractivity (Wildman–Crippen MR) is 71.0 cm³/mol. The van der Waals surface area contributed by atoms with E-state index in [0.29, 0.717) is 6.54 Å². The molecule has 0 amide bonds. The van der Waals surface area contributed by atoms with Crippen LogP contribution in [0.5, 0.6) is 0 Å². The monoisotopic (exact) mass is 293 g/mol. The highest BCUT2D eigenvalue weighted by atomic mass is 32.2. The molecule has 19 heavy (non-hydrogen) atoms. The van der Waals surface area contributed by atoms with Gasteiger partial charge in [0.15, 0.2) is 0 Å². The molecule has 0 aliphatic rings. The van der Waals surface area contributed by atoms with Gasteiger partial charge in [0.05, 0.1) is 6.10 Å². The van der Waals surface area contributed by atoms with E-state index in [1.54, 1.807) is 19.1 Å². The molecule has 108 valence electrons. The summed E-state index contributed by atoms with van der Waals surface area (Å²) in [6.45, 7) is 5.92. The number of hydrogen-bond acceptors (Lipinski definition) is 3. The zero-order valence-corrected chi connectivity index (χ0v) is 11.9. The third-order valence-corrected chi connectivity index (χ3v) is 3.69. The molecule has 0 aromatic heterocycles. The van der Waals surface area contributed by atoms with E-state index in [4.69, 9.17) is 0 Å². The number of aliphatic hydroxyl groups excluding tert-OH is 1. The van der Waals surface area contributed by atoms with E-state index in [1.165, 1.54) is 12.1 Å². The smallest absolute Gasteiger partial charge is 0.392 e. The second-order valence-corrected chi connectivity index (χ2v) is 6.08. The highest BCUT2D eigenvalue weighted by molar-refractivity contribution is 8.00. The molecular formula is C13H18F3NOS. The van der Waals surface area contributed by atoms with Crippen LogP contribution in [0.15, 0.2) is 29.2 Å². The van der Waals surface area contributed by atoms with Crippen molar-refractivity contribution >= 4 is 11.8 Å². The van der Waals surface area contributed by atoms with Gasteiger partial charge in [0, 0.05) is 17.0 Å². The number of rotatable bonds is 5. The first-order chi connectivity index (χ1) is 8.60. The van der Waals surface area contributed by atoms with Crippen molar-refractivity contribution in [3.63, 3.8) is 0 Å². The average Bonchev–Trinajstić information content (AvgIpc) is 2.26. The van der Waals surface area contributed by atoms with Gasteiger partial charge in [-0.2, -0.15) is 13.2 Å². The molecule has 0 aliphatic carbocycles. The molecule has 0 spiro atoms. The molecule has 1 aromatic rings. The molecule has 0 aliphatic heterocycles. The highest BCUT2D eigenvalue weighted by Gasteiger charge is 2.29. The van der Waals surface area contributed by atoms with Gasteiger partial charge in [-0.05, 0) is 50.2 Å². The zero-order chi connectivity index (χ0) is 14.7. The third kappa shape index (κ3) is 5.84. The minimum atomic E-state index is -4.26. The maximum atomic E-state index is 12.2. The van der Waals surface area contributed by atoms with Crippen LogP contribution in [-0.2, 0) is 6.54 Å². The summed E-state index contributed by atoms with van der Waals surface area (Å²) >= 11 is -0.122. The fraction of sp³-hybridized carbons (Fsp3) is 0.538. The summed E-state index contributed by atoms with van der Waals surface area (Å²) in [5.41, 5.74) is -3.83. The molecular weight excluding hydrogens is 275 g/mol. The van der Waals surface area contributed by atoms with Gasteiger partial charge in [0.1, 0.15) is 0 Å². The van der Waals surface area contributed by atoms with Crippen LogP contribution < -0.4 is 5.32 Å². The van der Waals surface area contributed by atoms with Crippen LogP contribution in [-0.4, -0.2) is 22.3 Å². The van der Waals surface area contributed by atoms with E-state index in [1.807, 2.05) is 13.8 Å². The Morgan fingerprint density at radius 2 is 1.74 bits per heavy atom. The molecule has 2 N–H and O–H groups in total. The molecule has 1 atom stereocenters. The van der Waals surface area contributed by atoms with Crippen LogP contribution in [0.1, 0.15) is 26.3 Å². The van der Waals surface area contributed by atoms with Gasteiger partial charge in [-0.15, -0.1) is 0 Å². The number of halogens is 3. The van der Waals surface area contributed by atoms with E-state index in [0.717, 1.165) is 5.56 Å². The average molecular weight is 293 g/mol. The van der Waals surface area contributed by atoms with Crippen molar-refractivity contribution in [3.05, 3.63) is 29.8 Å². The first-order valence-electron chi connectivity index (χ1n) is 5.88. The largest absolute Gasteiger partial charge is 0.446 e. The number of nitrogens with one attached hydrogen (secondary N) is 1. The van der Waals surface area contributed by atoms with Crippen molar-refractivity contribution in [2.75, 3.05) is 0 Å². The maximum absolute atomic E-state index is 12.2. The van der Waals surface area contributed by atoms with E-state index >= 15 is 0 Å². The topological polar surface area (TPSA) is 32.3 Å². The van der Waals surface area contributed by atoms with E-state index in [9.17, 15) is 18.3 Å². The van der Waals surface area contributed by atoms with Gasteiger partial charge >= 0.3 is 5.51 Å². The lowest BCUT2D eigenvalue weighted by Crippen LogP contribution is -2.47. The molecule has 0 saturated heterocycles. The zero-order valence-electron chi connectivity index (χ0n) is 11.1. The SMILES string of the molecule is CC(O)C(C)(C)NCc1ccc(SC(F)(F)F)cc1. The Balaban J connectivity index is 2.58. The molecule has 0 radical (unpaired) electrons. The summed E-state index contributed by atoms with van der Waals surface area (Å²) in [6, 6.07) is 6.20. The molecule has 0 bridgehead atoms. The van der Waals surface area contributed by atoms with Gasteiger partial charge in [-0.1, -0.05) is 12.1 Å². The summed E-state index contributed by atoms with van der Waals surface area (Å²) in [7, 11) is 0. The summed E-state index contributed by atoms with van der Waals surface area (Å²) in [4.78, 5) is 0.172. The summed E-state index contributed by atoms with van der Waals surface area (Å²) in [6.07, 6.45) is -0.521. The van der Waals surface area contributed by atoms with Crippen molar-refractivity contribution in [1.82, 2.24) is 5.32 Å². The normalized spacial score (nSPS) is 14.5. The van der Waals surface area contributed by atoms with Crippen LogP contribution in [0.3, 0.4) is 0 Å². The quantitative estimate of drug-likeness (QED) is 0.814. The fourth-order valence-corrected chi connectivity index (χ4v) is 1.83. The third-order valence-electron chi connectivity index (χ3n) is 2.95. The number of benzene rings is 1. The lowest BCUT2D eigenvalue weighted by atomic mass is 9.98. The number of hydrogen-bond donors (Lipinski definition) is 2. The maximum Gasteiger partial charge on any atom is 0.446 e. The van der Waals surface area contributed by atoms with Gasteiger partial charge in [0.2, 0.25) is 0 Å². The molecule has 0 saturated carbocycles. The van der Waals surface area contributed by atoms with Crippen molar-refractivity contribution < 1.29 is 18.3 Å². The molecule has 1 rings (SSSR count). The summed E-state index contributed by atoms with van der Waals surface area (Å²) in [5, 5.41) is 12.7. The Labute approximate surface area is 115 Å². The molecule has 2 nitrogen and oxygen atoms in total. The minimum absolute atomic E-state index is 0.122. The van der Waals surface area contributed by atoms with Crippen molar-refractivity contribution in [2.45, 2.75) is 49.4 Å². The van der Waals surface area contributed by atoms with Crippen LogP contribution in [0.25, 0.3) is 0 Å². The van der Waals surface area contributed by atoms with E-state index < -0.39 is 17.2 Å². The Bertz CT molecular complexity index is 401. The van der Waals surface area contributed by atoms with Gasteiger partial charge in [-0.25, -0.2) is 0 Å². The molecule has 0 heterocycles. The van der Waals surface area contributed by atoms with E-state index in [-0.39, 0.29) is 16.7 Å². The molecule has 1 aromatic carbocycles. The van der Waals surface area contributed by atoms with E-state index in [2.05, 4.69) is 5.32 Å². The highest BCUT2D eigenvalue weighted by Crippen LogP contribution is 2.36. The first kappa shape index (κ1) is 16.3. The Morgan fingerprint density at radius 1 is 1.21 bits per heavy atom. The molecule has 0 fully saturated rings. The lowest BCUT2D eigenvalue weighted by Gasteiger charge is -2.29. The molecule has 6 heteroatoms. The van der Waals surface area contributed by atoms with Crippen molar-refractivity contribution in [2.24, 2.45) is 0 Å². The van der Waals surface area contributed by atoms with Crippen LogP contribution in [0.4, 0.5) is 13.2 Å². The second-order valence-electron chi connectivity index (χ2n) is 4.94.